The lowest BCUT2D eigenvalue weighted by Gasteiger charge is -2.08. The Morgan fingerprint density at radius 1 is 1.55 bits per heavy atom. The Balaban J connectivity index is 2.14. The van der Waals surface area contributed by atoms with Crippen molar-refractivity contribution in [1.29, 1.82) is 0 Å². The van der Waals surface area contributed by atoms with Gasteiger partial charge in [-0.2, -0.15) is 0 Å². The summed E-state index contributed by atoms with van der Waals surface area (Å²) in [6.07, 6.45) is 3.10. The number of imidazole rings is 1. The Morgan fingerprint density at radius 3 is 2.95 bits per heavy atom. The molecule has 0 saturated carbocycles. The minimum absolute atomic E-state index is 0.132. The molecule has 0 atom stereocenters. The van der Waals surface area contributed by atoms with Gasteiger partial charge in [-0.15, -0.1) is 0 Å². The second kappa shape index (κ2) is 5.83. The molecule has 0 aliphatic heterocycles. The van der Waals surface area contributed by atoms with Crippen LogP contribution in [-0.4, -0.2) is 27.9 Å². The number of nitrogens with one attached hydrogen (secondary N) is 2. The van der Waals surface area contributed by atoms with Crippen LogP contribution < -0.4 is 10.1 Å². The number of ether oxygens (including phenoxy) is 1. The number of carbonyl (C=O) groups excluding carboxylic acids is 1. The molecule has 1 aromatic carbocycles. The summed E-state index contributed by atoms with van der Waals surface area (Å²) in [7, 11) is 1.35. The summed E-state index contributed by atoms with van der Waals surface area (Å²) in [4.78, 5) is 28.8. The number of nitro groups is 1. The molecular formula is C12H12N4O4. The number of nitrogens with zero attached hydrogens (tertiary/aromatic N) is 2. The van der Waals surface area contributed by atoms with E-state index in [1.807, 2.05) is 0 Å². The summed E-state index contributed by atoms with van der Waals surface area (Å²) in [5.74, 6) is -0.229. The predicted octanol–water partition coefficient (Wildman–Crippen LogP) is 1.26. The van der Waals surface area contributed by atoms with Crippen molar-refractivity contribution in [3.05, 3.63) is 52.1 Å². The van der Waals surface area contributed by atoms with Crippen LogP contribution in [0.1, 0.15) is 16.1 Å². The molecule has 0 spiro atoms. The van der Waals surface area contributed by atoms with E-state index >= 15 is 0 Å². The summed E-state index contributed by atoms with van der Waals surface area (Å²) in [5.41, 5.74) is 0.851. The van der Waals surface area contributed by atoms with E-state index in [0.29, 0.717) is 0 Å². The lowest BCUT2D eigenvalue weighted by molar-refractivity contribution is -0.384. The Bertz CT molecular complexity index is 624. The zero-order valence-electron chi connectivity index (χ0n) is 10.6. The molecule has 2 rings (SSSR count). The molecule has 0 radical (unpaired) electrons. The first-order valence-electron chi connectivity index (χ1n) is 5.69. The molecule has 0 saturated heterocycles. The number of aromatic nitrogens is 2. The average molecular weight is 276 g/mol. The third-order valence-corrected chi connectivity index (χ3v) is 2.63. The van der Waals surface area contributed by atoms with Gasteiger partial charge in [0.15, 0.2) is 0 Å². The van der Waals surface area contributed by atoms with E-state index < -0.39 is 4.92 Å². The SMILES string of the molecule is COc1cc([N+](=O)[O-])ccc1C(=O)NCc1cnc[nH]1. The van der Waals surface area contributed by atoms with Crippen LogP contribution in [0.4, 0.5) is 5.69 Å². The van der Waals surface area contributed by atoms with Gasteiger partial charge in [0.05, 0.1) is 42.2 Å². The van der Waals surface area contributed by atoms with E-state index in [4.69, 9.17) is 4.74 Å². The van der Waals surface area contributed by atoms with Crippen molar-refractivity contribution in [3.63, 3.8) is 0 Å². The fourth-order valence-electron chi connectivity index (χ4n) is 1.63. The Hall–Kier alpha value is -2.90. The lowest BCUT2D eigenvalue weighted by atomic mass is 10.1. The van der Waals surface area contributed by atoms with Crippen molar-refractivity contribution in [3.8, 4) is 5.75 Å². The summed E-state index contributed by atoms with van der Waals surface area (Å²) < 4.78 is 5.01. The Kier molecular flexibility index (Phi) is 3.94. The van der Waals surface area contributed by atoms with Gasteiger partial charge in [-0.05, 0) is 6.07 Å². The van der Waals surface area contributed by atoms with Crippen molar-refractivity contribution in [1.82, 2.24) is 15.3 Å². The van der Waals surface area contributed by atoms with Crippen LogP contribution in [0.25, 0.3) is 0 Å². The maximum Gasteiger partial charge on any atom is 0.273 e. The summed E-state index contributed by atoms with van der Waals surface area (Å²) in [5, 5.41) is 13.3. The molecule has 0 bridgehead atoms. The van der Waals surface area contributed by atoms with Gasteiger partial charge >= 0.3 is 0 Å². The topological polar surface area (TPSA) is 110 Å². The van der Waals surface area contributed by atoms with Crippen molar-refractivity contribution < 1.29 is 14.5 Å². The van der Waals surface area contributed by atoms with Crippen LogP contribution in [0.2, 0.25) is 0 Å². The van der Waals surface area contributed by atoms with Crippen LogP contribution in [0.15, 0.2) is 30.7 Å². The number of methoxy groups -OCH3 is 1. The van der Waals surface area contributed by atoms with Gasteiger partial charge in [-0.25, -0.2) is 4.98 Å². The van der Waals surface area contributed by atoms with E-state index in [1.54, 1.807) is 6.20 Å². The molecule has 8 nitrogen and oxygen atoms in total. The van der Waals surface area contributed by atoms with Crippen LogP contribution >= 0.6 is 0 Å². The summed E-state index contributed by atoms with van der Waals surface area (Å²) in [6, 6.07) is 3.83. The highest BCUT2D eigenvalue weighted by Crippen LogP contribution is 2.24. The minimum Gasteiger partial charge on any atom is -0.496 e. The van der Waals surface area contributed by atoms with E-state index in [1.165, 1.54) is 31.6 Å². The number of hydrogen-bond acceptors (Lipinski definition) is 5. The van der Waals surface area contributed by atoms with Crippen molar-refractivity contribution >= 4 is 11.6 Å². The first-order chi connectivity index (χ1) is 9.61. The van der Waals surface area contributed by atoms with Gasteiger partial charge in [0.2, 0.25) is 0 Å². The second-order valence-electron chi connectivity index (χ2n) is 3.90. The minimum atomic E-state index is -0.547. The Morgan fingerprint density at radius 2 is 2.35 bits per heavy atom. The quantitative estimate of drug-likeness (QED) is 0.631. The summed E-state index contributed by atoms with van der Waals surface area (Å²) in [6.45, 7) is 0.277. The Labute approximate surface area is 113 Å². The third kappa shape index (κ3) is 2.91. The highest BCUT2D eigenvalue weighted by molar-refractivity contribution is 5.97. The van der Waals surface area contributed by atoms with Gasteiger partial charge in [0.1, 0.15) is 5.75 Å². The van der Waals surface area contributed by atoms with Crippen molar-refractivity contribution in [2.24, 2.45) is 0 Å². The van der Waals surface area contributed by atoms with Gasteiger partial charge in [0.25, 0.3) is 11.6 Å². The van der Waals surface area contributed by atoms with Crippen molar-refractivity contribution in [2.45, 2.75) is 6.54 Å². The average Bonchev–Trinajstić information content (AvgIpc) is 2.97. The first-order valence-corrected chi connectivity index (χ1v) is 5.69. The normalized spacial score (nSPS) is 10.1. The molecule has 2 aromatic rings. The smallest absolute Gasteiger partial charge is 0.273 e. The summed E-state index contributed by atoms with van der Waals surface area (Å²) >= 11 is 0. The molecule has 1 amide bonds. The van der Waals surface area contributed by atoms with Gasteiger partial charge in [-0.1, -0.05) is 0 Å². The zero-order valence-corrected chi connectivity index (χ0v) is 10.6. The van der Waals surface area contributed by atoms with E-state index in [2.05, 4.69) is 15.3 Å². The number of H-pyrrole nitrogens is 1. The molecule has 0 aliphatic carbocycles. The molecule has 2 N–H and O–H groups in total. The second-order valence-corrected chi connectivity index (χ2v) is 3.90. The van der Waals surface area contributed by atoms with Crippen LogP contribution in [0.3, 0.4) is 0 Å². The molecule has 0 unspecified atom stereocenters. The number of aromatic amines is 1. The molecule has 8 heteroatoms. The third-order valence-electron chi connectivity index (χ3n) is 2.63. The highest BCUT2D eigenvalue weighted by atomic mass is 16.6. The van der Waals surface area contributed by atoms with Gasteiger partial charge in [0, 0.05) is 12.3 Å². The highest BCUT2D eigenvalue weighted by Gasteiger charge is 2.16. The number of non-ortho nitro benzene ring substituents is 1. The maximum absolute atomic E-state index is 12.0. The fourth-order valence-corrected chi connectivity index (χ4v) is 1.63. The van der Waals surface area contributed by atoms with E-state index in [9.17, 15) is 14.9 Å². The van der Waals surface area contributed by atoms with E-state index in [-0.39, 0.29) is 29.5 Å². The first kappa shape index (κ1) is 13.5. The number of hydrogen-bond donors (Lipinski definition) is 2. The molecule has 0 fully saturated rings. The molecule has 1 heterocycles. The number of rotatable bonds is 5. The molecule has 1 aromatic heterocycles. The number of nitro benzene ring substituents is 1. The van der Waals surface area contributed by atoms with Crippen LogP contribution in [0, 0.1) is 10.1 Å². The molecule has 20 heavy (non-hydrogen) atoms. The van der Waals surface area contributed by atoms with Crippen LogP contribution in [0.5, 0.6) is 5.75 Å². The molecular weight excluding hydrogens is 264 g/mol. The zero-order chi connectivity index (χ0) is 14.5. The van der Waals surface area contributed by atoms with Gasteiger partial charge in [-0.3, -0.25) is 14.9 Å². The number of amides is 1. The molecule has 0 aliphatic rings. The standard InChI is InChI=1S/C12H12N4O4/c1-20-11-4-9(16(18)19)2-3-10(11)12(17)14-6-8-5-13-7-15-8/h2-5,7H,6H2,1H3,(H,13,15)(H,14,17). The largest absolute Gasteiger partial charge is 0.496 e. The lowest BCUT2D eigenvalue weighted by Crippen LogP contribution is -2.23. The fraction of sp³-hybridized carbons (Fsp3) is 0.167. The van der Waals surface area contributed by atoms with E-state index in [0.717, 1.165) is 5.69 Å². The molecule has 104 valence electrons. The predicted molar refractivity (Wildman–Crippen MR) is 69.4 cm³/mol. The van der Waals surface area contributed by atoms with Gasteiger partial charge < -0.3 is 15.0 Å². The number of benzene rings is 1. The monoisotopic (exact) mass is 276 g/mol. The maximum atomic E-state index is 12.0. The van der Waals surface area contributed by atoms with Crippen molar-refractivity contribution in [2.75, 3.05) is 7.11 Å². The number of carbonyl (C=O) groups is 1. The van der Waals surface area contributed by atoms with Crippen LogP contribution in [-0.2, 0) is 6.54 Å².